The molecule has 0 heterocycles. The molecule has 14 heavy (non-hydrogen) atoms. The van der Waals surface area contributed by atoms with Crippen molar-refractivity contribution in [2.24, 2.45) is 5.73 Å². The Morgan fingerprint density at radius 1 is 1.36 bits per heavy atom. The fourth-order valence-corrected chi connectivity index (χ4v) is 2.45. The maximum absolute atomic E-state index is 6.10. The second-order valence-electron chi connectivity index (χ2n) is 4.30. The quantitative estimate of drug-likeness (QED) is 0.760. The van der Waals surface area contributed by atoms with Crippen LogP contribution in [-0.2, 0) is 6.42 Å². The molecule has 2 rings (SSSR count). The van der Waals surface area contributed by atoms with Gasteiger partial charge in [0.15, 0.2) is 0 Å². The Morgan fingerprint density at radius 2 is 2.21 bits per heavy atom. The van der Waals surface area contributed by atoms with E-state index in [1.807, 2.05) is 0 Å². The van der Waals surface area contributed by atoms with E-state index in [0.717, 1.165) is 6.42 Å². The van der Waals surface area contributed by atoms with Crippen molar-refractivity contribution in [2.75, 3.05) is 0 Å². The Hall–Kier alpha value is -0.820. The van der Waals surface area contributed by atoms with Crippen LogP contribution < -0.4 is 5.73 Å². The molecule has 1 heteroatoms. The third-order valence-electron chi connectivity index (χ3n) is 3.36. The average molecular weight is 189 g/mol. The fraction of sp³-hybridized carbons (Fsp3) is 0.538. The zero-order valence-electron chi connectivity index (χ0n) is 8.87. The summed E-state index contributed by atoms with van der Waals surface area (Å²) in [6, 6.07) is 9.32. The second-order valence-corrected chi connectivity index (χ2v) is 4.30. The molecular weight excluding hydrogens is 170 g/mol. The van der Waals surface area contributed by atoms with E-state index in [4.69, 9.17) is 5.73 Å². The molecule has 0 radical (unpaired) electrons. The van der Waals surface area contributed by atoms with Gasteiger partial charge in [-0.25, -0.2) is 0 Å². The van der Waals surface area contributed by atoms with E-state index in [0.29, 0.717) is 12.0 Å². The maximum Gasteiger partial charge on any atom is 0.0108 e. The van der Waals surface area contributed by atoms with Gasteiger partial charge < -0.3 is 5.73 Å². The van der Waals surface area contributed by atoms with Crippen molar-refractivity contribution in [3.05, 3.63) is 35.4 Å². The third-order valence-corrected chi connectivity index (χ3v) is 3.36. The van der Waals surface area contributed by atoms with Crippen LogP contribution in [0.4, 0.5) is 0 Å². The summed E-state index contributed by atoms with van der Waals surface area (Å²) in [7, 11) is 0. The van der Waals surface area contributed by atoms with Crippen LogP contribution in [0.2, 0.25) is 0 Å². The van der Waals surface area contributed by atoms with Gasteiger partial charge in [0, 0.05) is 6.04 Å². The fourth-order valence-electron chi connectivity index (χ4n) is 2.45. The summed E-state index contributed by atoms with van der Waals surface area (Å²) < 4.78 is 0. The molecule has 0 saturated heterocycles. The van der Waals surface area contributed by atoms with Gasteiger partial charge >= 0.3 is 0 Å². The number of rotatable bonds is 2. The van der Waals surface area contributed by atoms with Crippen LogP contribution in [0.25, 0.3) is 0 Å². The Labute approximate surface area is 86.3 Å². The molecule has 2 N–H and O–H groups in total. The van der Waals surface area contributed by atoms with Crippen molar-refractivity contribution in [1.82, 2.24) is 0 Å². The molecule has 1 aliphatic rings. The number of nitrogens with two attached hydrogens (primary N) is 1. The minimum Gasteiger partial charge on any atom is -0.327 e. The number of aryl methyl sites for hydroxylation is 1. The molecular formula is C13H19N. The van der Waals surface area contributed by atoms with Gasteiger partial charge in [-0.2, -0.15) is 0 Å². The largest absolute Gasteiger partial charge is 0.327 e. The van der Waals surface area contributed by atoms with Gasteiger partial charge in [0.2, 0.25) is 0 Å². The van der Waals surface area contributed by atoms with Gasteiger partial charge in [-0.1, -0.05) is 37.6 Å². The molecule has 1 nitrogen and oxygen atoms in total. The highest BCUT2D eigenvalue weighted by atomic mass is 14.7. The lowest BCUT2D eigenvalue weighted by molar-refractivity contribution is 0.612. The normalized spacial score (nSPS) is 26.7. The first kappa shape index (κ1) is 9.72. The van der Waals surface area contributed by atoms with E-state index in [2.05, 4.69) is 31.2 Å². The minimum absolute atomic E-state index is 0.391. The zero-order valence-corrected chi connectivity index (χ0v) is 8.87. The second kappa shape index (κ2) is 4.14. The van der Waals surface area contributed by atoms with E-state index in [1.54, 1.807) is 0 Å². The van der Waals surface area contributed by atoms with Crippen LogP contribution in [0.3, 0.4) is 0 Å². The maximum atomic E-state index is 6.10. The molecule has 0 unspecified atom stereocenters. The van der Waals surface area contributed by atoms with Crippen LogP contribution in [0, 0.1) is 0 Å². The zero-order chi connectivity index (χ0) is 9.97. The SMILES string of the molecule is CCc1cccc([C@@H]2CCC[C@H]2N)c1. The summed E-state index contributed by atoms with van der Waals surface area (Å²) in [5.41, 5.74) is 8.99. The lowest BCUT2D eigenvalue weighted by atomic mass is 9.93. The third kappa shape index (κ3) is 1.83. The van der Waals surface area contributed by atoms with E-state index < -0.39 is 0 Å². The van der Waals surface area contributed by atoms with Crippen LogP contribution in [-0.4, -0.2) is 6.04 Å². The molecule has 0 bridgehead atoms. The molecule has 0 aliphatic heterocycles. The first-order valence-corrected chi connectivity index (χ1v) is 5.65. The molecule has 2 atom stereocenters. The molecule has 1 aliphatic carbocycles. The highest BCUT2D eigenvalue weighted by Crippen LogP contribution is 2.33. The van der Waals surface area contributed by atoms with E-state index in [-0.39, 0.29) is 0 Å². The first-order valence-electron chi connectivity index (χ1n) is 5.65. The van der Waals surface area contributed by atoms with E-state index in [1.165, 1.54) is 30.4 Å². The monoisotopic (exact) mass is 189 g/mol. The molecule has 1 aromatic rings. The van der Waals surface area contributed by atoms with E-state index >= 15 is 0 Å². The summed E-state index contributed by atoms with van der Waals surface area (Å²) in [6.07, 6.45) is 4.88. The Kier molecular flexibility index (Phi) is 2.87. The number of hydrogen-bond acceptors (Lipinski definition) is 1. The predicted octanol–water partition coefficient (Wildman–Crippen LogP) is 2.84. The summed E-state index contributed by atoms with van der Waals surface area (Å²) in [6.45, 7) is 2.20. The number of benzene rings is 1. The van der Waals surface area contributed by atoms with Gasteiger partial charge in [-0.15, -0.1) is 0 Å². The Morgan fingerprint density at radius 3 is 2.86 bits per heavy atom. The molecule has 1 saturated carbocycles. The summed E-state index contributed by atoms with van der Waals surface area (Å²) >= 11 is 0. The highest BCUT2D eigenvalue weighted by Gasteiger charge is 2.25. The summed E-state index contributed by atoms with van der Waals surface area (Å²) in [5.74, 6) is 0.612. The van der Waals surface area contributed by atoms with Crippen LogP contribution in [0.5, 0.6) is 0 Å². The number of hydrogen-bond donors (Lipinski definition) is 1. The Balaban J connectivity index is 2.22. The predicted molar refractivity (Wildman–Crippen MR) is 60.4 cm³/mol. The van der Waals surface area contributed by atoms with Gasteiger partial charge in [-0.3, -0.25) is 0 Å². The average Bonchev–Trinajstić information content (AvgIpc) is 2.65. The Bertz CT molecular complexity index is 306. The van der Waals surface area contributed by atoms with Gasteiger partial charge in [0.05, 0.1) is 0 Å². The van der Waals surface area contributed by atoms with E-state index in [9.17, 15) is 0 Å². The molecule has 0 amide bonds. The van der Waals surface area contributed by atoms with Crippen molar-refractivity contribution >= 4 is 0 Å². The topological polar surface area (TPSA) is 26.0 Å². The minimum atomic E-state index is 0.391. The van der Waals surface area contributed by atoms with Crippen molar-refractivity contribution < 1.29 is 0 Å². The molecule has 76 valence electrons. The van der Waals surface area contributed by atoms with Crippen molar-refractivity contribution in [3.8, 4) is 0 Å². The van der Waals surface area contributed by atoms with Crippen LogP contribution >= 0.6 is 0 Å². The molecule has 1 aromatic carbocycles. The van der Waals surface area contributed by atoms with Gasteiger partial charge in [-0.05, 0) is 36.3 Å². The van der Waals surface area contributed by atoms with Crippen LogP contribution in [0.15, 0.2) is 24.3 Å². The lowest BCUT2D eigenvalue weighted by Gasteiger charge is -2.16. The van der Waals surface area contributed by atoms with Crippen molar-refractivity contribution in [1.29, 1.82) is 0 Å². The highest BCUT2D eigenvalue weighted by molar-refractivity contribution is 5.28. The molecule has 0 spiro atoms. The smallest absolute Gasteiger partial charge is 0.0108 e. The van der Waals surface area contributed by atoms with Gasteiger partial charge in [0.1, 0.15) is 0 Å². The van der Waals surface area contributed by atoms with Crippen LogP contribution in [0.1, 0.15) is 43.2 Å². The van der Waals surface area contributed by atoms with Gasteiger partial charge in [0.25, 0.3) is 0 Å². The standard InChI is InChI=1S/C13H19N/c1-2-10-5-3-6-11(9-10)12-7-4-8-13(12)14/h3,5-6,9,12-13H,2,4,7-8,14H2,1H3/t12-,13+/m0/s1. The lowest BCUT2D eigenvalue weighted by Crippen LogP contribution is -2.22. The molecule has 0 aromatic heterocycles. The first-order chi connectivity index (χ1) is 6.81. The summed E-state index contributed by atoms with van der Waals surface area (Å²) in [4.78, 5) is 0. The molecule has 1 fully saturated rings. The summed E-state index contributed by atoms with van der Waals surface area (Å²) in [5, 5.41) is 0. The van der Waals surface area contributed by atoms with Crippen molar-refractivity contribution in [2.45, 2.75) is 44.6 Å². The van der Waals surface area contributed by atoms with Crippen molar-refractivity contribution in [3.63, 3.8) is 0 Å².